The maximum Gasteiger partial charge on any atom is 0.269 e. The Balaban J connectivity index is 2.01. The van der Waals surface area contributed by atoms with Gasteiger partial charge in [-0.15, -0.1) is 5.11 Å². The highest BCUT2D eigenvalue weighted by Gasteiger charge is 2.02. The number of nitrogens with zero attached hydrogens (tertiary/aromatic N) is 3. The van der Waals surface area contributed by atoms with Crippen LogP contribution in [-0.2, 0) is 0 Å². The highest BCUT2D eigenvalue weighted by atomic mass is 35.5. The summed E-state index contributed by atoms with van der Waals surface area (Å²) in [6.45, 7) is 0. The fourth-order valence-corrected chi connectivity index (χ4v) is 1.53. The Morgan fingerprint density at radius 1 is 1.16 bits per heavy atom. The number of rotatable bonds is 4. The van der Waals surface area contributed by atoms with E-state index in [1.54, 1.807) is 24.3 Å². The largest absolute Gasteiger partial charge is 0.269 e. The molecule has 19 heavy (non-hydrogen) atoms. The lowest BCUT2D eigenvalue weighted by Crippen LogP contribution is -1.86. The number of benzene rings is 2. The minimum Gasteiger partial charge on any atom is -0.260 e. The van der Waals surface area contributed by atoms with Gasteiger partial charge < -0.3 is 0 Å². The van der Waals surface area contributed by atoms with Crippen molar-refractivity contribution < 1.29 is 4.92 Å². The Morgan fingerprint density at radius 3 is 2.53 bits per heavy atom. The van der Waals surface area contributed by atoms with Gasteiger partial charge in [0.2, 0.25) is 0 Å². The summed E-state index contributed by atoms with van der Waals surface area (Å²) in [6, 6.07) is 12.8. The number of nitro benzene ring substituents is 1. The molecular formula is C12H9ClN4O2. The van der Waals surface area contributed by atoms with Crippen molar-refractivity contribution in [3.05, 3.63) is 63.7 Å². The first-order chi connectivity index (χ1) is 9.15. The first-order valence-corrected chi connectivity index (χ1v) is 5.70. The lowest BCUT2D eigenvalue weighted by atomic mass is 10.3. The van der Waals surface area contributed by atoms with Gasteiger partial charge in [-0.05, 0) is 30.3 Å². The molecular weight excluding hydrogens is 268 g/mol. The number of anilines is 1. The van der Waals surface area contributed by atoms with E-state index in [0.29, 0.717) is 16.4 Å². The average Bonchev–Trinajstić information content (AvgIpc) is 2.39. The fourth-order valence-electron chi connectivity index (χ4n) is 1.34. The van der Waals surface area contributed by atoms with Crippen LogP contribution in [0.15, 0.2) is 58.9 Å². The summed E-state index contributed by atoms with van der Waals surface area (Å²) >= 11 is 5.81. The molecule has 7 heteroatoms. The summed E-state index contributed by atoms with van der Waals surface area (Å²) in [6.07, 6.45) is 0. The lowest BCUT2D eigenvalue weighted by molar-refractivity contribution is -0.384. The van der Waals surface area contributed by atoms with Crippen LogP contribution >= 0.6 is 11.6 Å². The van der Waals surface area contributed by atoms with Crippen molar-refractivity contribution >= 4 is 28.7 Å². The number of nitrogens with one attached hydrogen (secondary N) is 1. The van der Waals surface area contributed by atoms with E-state index >= 15 is 0 Å². The van der Waals surface area contributed by atoms with Crippen molar-refractivity contribution in [3.63, 3.8) is 0 Å². The second kappa shape index (κ2) is 5.92. The van der Waals surface area contributed by atoms with E-state index in [4.69, 9.17) is 11.6 Å². The zero-order valence-corrected chi connectivity index (χ0v) is 10.4. The molecule has 96 valence electrons. The van der Waals surface area contributed by atoms with Gasteiger partial charge in [-0.3, -0.25) is 15.5 Å². The van der Waals surface area contributed by atoms with Crippen molar-refractivity contribution in [3.8, 4) is 0 Å². The summed E-state index contributed by atoms with van der Waals surface area (Å²) in [5.74, 6) is 0. The monoisotopic (exact) mass is 276 g/mol. The van der Waals surface area contributed by atoms with E-state index < -0.39 is 4.92 Å². The quantitative estimate of drug-likeness (QED) is 0.512. The number of nitro groups is 1. The number of halogens is 1. The van der Waals surface area contributed by atoms with Crippen molar-refractivity contribution in [2.75, 3.05) is 5.43 Å². The molecule has 6 nitrogen and oxygen atoms in total. The molecule has 0 aliphatic heterocycles. The molecule has 0 saturated carbocycles. The molecule has 2 aromatic rings. The molecule has 0 aliphatic rings. The molecule has 0 heterocycles. The summed E-state index contributed by atoms with van der Waals surface area (Å²) in [4.78, 5) is 10.0. The molecule has 0 radical (unpaired) electrons. The molecule has 2 rings (SSSR count). The Morgan fingerprint density at radius 2 is 1.89 bits per heavy atom. The minimum absolute atomic E-state index is 0.0155. The van der Waals surface area contributed by atoms with Gasteiger partial charge in [-0.25, -0.2) is 0 Å². The van der Waals surface area contributed by atoms with E-state index in [1.807, 2.05) is 0 Å². The molecule has 0 saturated heterocycles. The second-order valence-corrected chi connectivity index (χ2v) is 4.03. The van der Waals surface area contributed by atoms with Crippen LogP contribution < -0.4 is 5.43 Å². The second-order valence-electron chi connectivity index (χ2n) is 3.60. The molecule has 0 aromatic heterocycles. The zero-order chi connectivity index (χ0) is 13.7. The first-order valence-electron chi connectivity index (χ1n) is 5.32. The molecule has 0 aliphatic carbocycles. The van der Waals surface area contributed by atoms with Crippen LogP contribution in [0.4, 0.5) is 17.1 Å². The Kier molecular flexibility index (Phi) is 4.04. The van der Waals surface area contributed by atoms with E-state index in [9.17, 15) is 10.1 Å². The minimum atomic E-state index is -0.467. The highest BCUT2D eigenvalue weighted by Crippen LogP contribution is 2.19. The van der Waals surface area contributed by atoms with E-state index in [-0.39, 0.29) is 5.69 Å². The molecule has 0 spiro atoms. The number of hydrogen-bond acceptors (Lipinski definition) is 4. The third kappa shape index (κ3) is 3.75. The predicted molar refractivity (Wildman–Crippen MR) is 72.7 cm³/mol. The Bertz CT molecular complexity index is 613. The van der Waals surface area contributed by atoms with Crippen LogP contribution in [0.5, 0.6) is 0 Å². The molecule has 2 aromatic carbocycles. The van der Waals surface area contributed by atoms with Crippen molar-refractivity contribution in [2.24, 2.45) is 10.3 Å². The van der Waals surface area contributed by atoms with Gasteiger partial charge in [0.25, 0.3) is 5.69 Å². The number of non-ortho nitro benzene ring substituents is 1. The highest BCUT2D eigenvalue weighted by molar-refractivity contribution is 6.30. The third-order valence-electron chi connectivity index (χ3n) is 2.23. The van der Waals surface area contributed by atoms with Crippen LogP contribution in [0.3, 0.4) is 0 Å². The summed E-state index contributed by atoms with van der Waals surface area (Å²) < 4.78 is 0. The Labute approximate surface area is 113 Å². The Hall–Kier alpha value is -2.47. The van der Waals surface area contributed by atoms with Crippen molar-refractivity contribution in [1.29, 1.82) is 0 Å². The topological polar surface area (TPSA) is 79.9 Å². The lowest BCUT2D eigenvalue weighted by Gasteiger charge is -1.98. The zero-order valence-electron chi connectivity index (χ0n) is 9.65. The fraction of sp³-hybridized carbons (Fsp3) is 0. The van der Waals surface area contributed by atoms with Gasteiger partial charge in [0.15, 0.2) is 0 Å². The van der Waals surface area contributed by atoms with E-state index in [1.165, 1.54) is 24.3 Å². The first kappa shape index (κ1) is 13.0. The molecule has 0 fully saturated rings. The van der Waals surface area contributed by atoms with Crippen LogP contribution in [0.2, 0.25) is 5.02 Å². The molecule has 0 bridgehead atoms. The van der Waals surface area contributed by atoms with E-state index in [2.05, 4.69) is 15.8 Å². The van der Waals surface area contributed by atoms with Gasteiger partial charge in [0.05, 0.1) is 16.3 Å². The van der Waals surface area contributed by atoms with Crippen LogP contribution in [-0.4, -0.2) is 4.92 Å². The smallest absolute Gasteiger partial charge is 0.260 e. The predicted octanol–water partition coefficient (Wildman–Crippen LogP) is 4.36. The average molecular weight is 277 g/mol. The van der Waals surface area contributed by atoms with E-state index in [0.717, 1.165) is 0 Å². The van der Waals surface area contributed by atoms with Crippen molar-refractivity contribution in [2.45, 2.75) is 0 Å². The van der Waals surface area contributed by atoms with Crippen LogP contribution in [0, 0.1) is 10.1 Å². The summed E-state index contributed by atoms with van der Waals surface area (Å²) in [7, 11) is 0. The van der Waals surface area contributed by atoms with Gasteiger partial charge in [0, 0.05) is 17.2 Å². The van der Waals surface area contributed by atoms with Gasteiger partial charge >= 0.3 is 0 Å². The van der Waals surface area contributed by atoms with Gasteiger partial charge in [0.1, 0.15) is 0 Å². The SMILES string of the molecule is O=[N+]([O-])c1ccc(N=NNc2cccc(Cl)c2)cc1. The summed E-state index contributed by atoms with van der Waals surface area (Å²) in [5, 5.41) is 18.7. The number of hydrogen-bond donors (Lipinski definition) is 1. The molecule has 0 unspecified atom stereocenters. The van der Waals surface area contributed by atoms with Crippen molar-refractivity contribution in [1.82, 2.24) is 0 Å². The third-order valence-corrected chi connectivity index (χ3v) is 2.46. The standard InChI is InChI=1S/C12H9ClN4O2/c13-9-2-1-3-11(8-9)15-16-14-10-4-6-12(7-5-10)17(18)19/h1-8H,(H,14,15). The molecule has 0 atom stereocenters. The molecule has 0 amide bonds. The normalized spacial score (nSPS) is 10.6. The maximum atomic E-state index is 10.5. The van der Waals surface area contributed by atoms with Crippen LogP contribution in [0.1, 0.15) is 0 Å². The van der Waals surface area contributed by atoms with Gasteiger partial charge in [-0.1, -0.05) is 22.9 Å². The summed E-state index contributed by atoms with van der Waals surface area (Å²) in [5.41, 5.74) is 3.95. The maximum absolute atomic E-state index is 10.5. The molecule has 1 N–H and O–H groups in total. The van der Waals surface area contributed by atoms with Crippen LogP contribution in [0.25, 0.3) is 0 Å². The van der Waals surface area contributed by atoms with Gasteiger partial charge in [-0.2, -0.15) is 0 Å².